The van der Waals surface area contributed by atoms with Crippen molar-refractivity contribution in [2.24, 2.45) is 5.92 Å². The van der Waals surface area contributed by atoms with Crippen LogP contribution in [0.5, 0.6) is 0 Å². The SMILES string of the molecule is OC[C@H]1C[C@H]2O[C@@H]12. The van der Waals surface area contributed by atoms with Crippen LogP contribution in [-0.4, -0.2) is 23.9 Å². The molecule has 0 bridgehead atoms. The first-order chi connectivity index (χ1) is 3.42. The summed E-state index contributed by atoms with van der Waals surface area (Å²) >= 11 is 0. The Labute approximate surface area is 42.1 Å². The van der Waals surface area contributed by atoms with Gasteiger partial charge < -0.3 is 9.84 Å². The van der Waals surface area contributed by atoms with Gasteiger partial charge in [-0.05, 0) is 6.42 Å². The second-order valence-electron chi connectivity index (χ2n) is 2.32. The highest BCUT2D eigenvalue weighted by atomic mass is 16.6. The van der Waals surface area contributed by atoms with E-state index in [0.29, 0.717) is 24.7 Å². The Balaban J connectivity index is 1.92. The highest BCUT2D eigenvalue weighted by Gasteiger charge is 2.55. The number of fused-ring (bicyclic) bond motifs is 1. The van der Waals surface area contributed by atoms with Crippen LogP contribution < -0.4 is 0 Å². The Hall–Kier alpha value is -0.0800. The summed E-state index contributed by atoms with van der Waals surface area (Å²) in [6.45, 7) is 0.321. The highest BCUT2D eigenvalue weighted by molar-refractivity contribution is 5.02. The Morgan fingerprint density at radius 3 is 2.71 bits per heavy atom. The van der Waals surface area contributed by atoms with Crippen LogP contribution in [0.4, 0.5) is 0 Å². The van der Waals surface area contributed by atoms with E-state index in [4.69, 9.17) is 9.84 Å². The molecule has 2 rings (SSSR count). The van der Waals surface area contributed by atoms with E-state index in [-0.39, 0.29) is 0 Å². The minimum absolute atomic E-state index is 0.321. The Kier molecular flexibility index (Phi) is 0.557. The zero-order chi connectivity index (χ0) is 4.85. The van der Waals surface area contributed by atoms with Crippen molar-refractivity contribution < 1.29 is 9.84 Å². The third kappa shape index (κ3) is 0.359. The number of epoxide rings is 1. The first-order valence-electron chi connectivity index (χ1n) is 2.68. The minimum atomic E-state index is 0.321. The van der Waals surface area contributed by atoms with Gasteiger partial charge in [-0.1, -0.05) is 0 Å². The summed E-state index contributed by atoms with van der Waals surface area (Å²) in [5.74, 6) is 0.491. The molecule has 1 aliphatic heterocycles. The standard InChI is InChI=1S/C5H8O2/c6-2-3-1-4-5(3)7-4/h3-6H,1-2H2/t3-,4-,5+/m1/s1. The molecule has 0 aromatic heterocycles. The molecule has 2 fully saturated rings. The molecule has 3 atom stereocenters. The highest BCUT2D eigenvalue weighted by Crippen LogP contribution is 2.46. The van der Waals surface area contributed by atoms with E-state index in [2.05, 4.69) is 0 Å². The van der Waals surface area contributed by atoms with Gasteiger partial charge in [-0.3, -0.25) is 0 Å². The van der Waals surface area contributed by atoms with E-state index < -0.39 is 0 Å². The summed E-state index contributed by atoms with van der Waals surface area (Å²) in [6, 6.07) is 0. The van der Waals surface area contributed by atoms with Gasteiger partial charge >= 0.3 is 0 Å². The molecule has 1 saturated carbocycles. The second kappa shape index (κ2) is 1.01. The smallest absolute Gasteiger partial charge is 0.0892 e. The third-order valence-electron chi connectivity index (χ3n) is 1.86. The summed E-state index contributed by atoms with van der Waals surface area (Å²) in [5.41, 5.74) is 0. The van der Waals surface area contributed by atoms with Crippen LogP contribution in [0.15, 0.2) is 0 Å². The van der Waals surface area contributed by atoms with Crippen LogP contribution in [0, 0.1) is 5.92 Å². The number of hydrogen-bond donors (Lipinski definition) is 1. The van der Waals surface area contributed by atoms with Crippen molar-refractivity contribution in [1.82, 2.24) is 0 Å². The van der Waals surface area contributed by atoms with Gasteiger partial charge in [0.2, 0.25) is 0 Å². The lowest BCUT2D eigenvalue weighted by molar-refractivity contribution is 0.185. The third-order valence-corrected chi connectivity index (χ3v) is 1.86. The summed E-state index contributed by atoms with van der Waals surface area (Å²) in [7, 11) is 0. The van der Waals surface area contributed by atoms with Gasteiger partial charge in [0, 0.05) is 12.5 Å². The van der Waals surface area contributed by atoms with Crippen molar-refractivity contribution in [2.75, 3.05) is 6.61 Å². The molecule has 0 radical (unpaired) electrons. The molecule has 2 heteroatoms. The predicted molar refractivity (Wildman–Crippen MR) is 23.9 cm³/mol. The maximum atomic E-state index is 8.50. The number of rotatable bonds is 1. The molecule has 2 aliphatic rings. The average Bonchev–Trinajstić information content (AvgIpc) is 2.18. The first-order valence-corrected chi connectivity index (χ1v) is 2.68. The lowest BCUT2D eigenvalue weighted by Crippen LogP contribution is -2.26. The van der Waals surface area contributed by atoms with Crippen molar-refractivity contribution in [2.45, 2.75) is 18.6 Å². The van der Waals surface area contributed by atoms with Crippen molar-refractivity contribution in [1.29, 1.82) is 0 Å². The molecule has 1 heterocycles. The summed E-state index contributed by atoms with van der Waals surface area (Å²) in [5, 5.41) is 8.50. The maximum absolute atomic E-state index is 8.50. The number of hydrogen-bond acceptors (Lipinski definition) is 2. The molecule has 7 heavy (non-hydrogen) atoms. The molecule has 40 valence electrons. The van der Waals surface area contributed by atoms with Gasteiger partial charge in [0.1, 0.15) is 0 Å². The molecule has 0 unspecified atom stereocenters. The molecule has 1 aliphatic carbocycles. The molecule has 0 aromatic carbocycles. The van der Waals surface area contributed by atoms with E-state index in [1.54, 1.807) is 0 Å². The number of aliphatic hydroxyl groups excluding tert-OH is 1. The van der Waals surface area contributed by atoms with E-state index in [9.17, 15) is 0 Å². The minimum Gasteiger partial charge on any atom is -0.396 e. The molecule has 0 amide bonds. The van der Waals surface area contributed by atoms with E-state index >= 15 is 0 Å². The quantitative estimate of drug-likeness (QED) is 0.461. The Bertz CT molecular complexity index is 92.1. The topological polar surface area (TPSA) is 32.8 Å². The molecule has 0 aromatic rings. The van der Waals surface area contributed by atoms with E-state index in [1.165, 1.54) is 0 Å². The fourth-order valence-corrected chi connectivity index (χ4v) is 1.18. The summed E-state index contributed by atoms with van der Waals surface area (Å²) in [4.78, 5) is 0. The fraction of sp³-hybridized carbons (Fsp3) is 1.00. The number of ether oxygens (including phenoxy) is 1. The molecular formula is C5H8O2. The monoisotopic (exact) mass is 100 g/mol. The molecule has 1 saturated heterocycles. The maximum Gasteiger partial charge on any atom is 0.0892 e. The summed E-state index contributed by atoms with van der Waals surface area (Å²) < 4.78 is 5.07. The second-order valence-corrected chi connectivity index (χ2v) is 2.32. The zero-order valence-corrected chi connectivity index (χ0v) is 4.00. The molecule has 1 N–H and O–H groups in total. The van der Waals surface area contributed by atoms with Gasteiger partial charge in [-0.15, -0.1) is 0 Å². The number of aliphatic hydroxyl groups is 1. The van der Waals surface area contributed by atoms with Crippen LogP contribution in [0.2, 0.25) is 0 Å². The summed E-state index contributed by atoms with van der Waals surface area (Å²) in [6.07, 6.45) is 2.11. The van der Waals surface area contributed by atoms with Gasteiger partial charge in [0.25, 0.3) is 0 Å². The molecule has 0 spiro atoms. The van der Waals surface area contributed by atoms with Gasteiger partial charge in [0.15, 0.2) is 0 Å². The van der Waals surface area contributed by atoms with Gasteiger partial charge in [0.05, 0.1) is 12.2 Å². The molecular weight excluding hydrogens is 92.1 g/mol. The van der Waals surface area contributed by atoms with Crippen LogP contribution in [0.3, 0.4) is 0 Å². The van der Waals surface area contributed by atoms with Crippen LogP contribution in [-0.2, 0) is 4.74 Å². The van der Waals surface area contributed by atoms with Gasteiger partial charge in [-0.25, -0.2) is 0 Å². The molecule has 2 nitrogen and oxygen atoms in total. The van der Waals surface area contributed by atoms with E-state index in [1.807, 2.05) is 0 Å². The fourth-order valence-electron chi connectivity index (χ4n) is 1.18. The van der Waals surface area contributed by atoms with E-state index in [0.717, 1.165) is 6.42 Å². The zero-order valence-electron chi connectivity index (χ0n) is 4.00. The first kappa shape index (κ1) is 3.87. The lowest BCUT2D eigenvalue weighted by Gasteiger charge is -2.15. The lowest BCUT2D eigenvalue weighted by atomic mass is 9.86. The average molecular weight is 100 g/mol. The van der Waals surface area contributed by atoms with Crippen LogP contribution in [0.1, 0.15) is 6.42 Å². The van der Waals surface area contributed by atoms with Crippen molar-refractivity contribution in [3.63, 3.8) is 0 Å². The Morgan fingerprint density at radius 2 is 2.57 bits per heavy atom. The predicted octanol–water partition coefficient (Wildman–Crippen LogP) is -0.234. The van der Waals surface area contributed by atoms with Crippen LogP contribution >= 0.6 is 0 Å². The van der Waals surface area contributed by atoms with Crippen molar-refractivity contribution in [3.05, 3.63) is 0 Å². The van der Waals surface area contributed by atoms with Crippen molar-refractivity contribution >= 4 is 0 Å². The largest absolute Gasteiger partial charge is 0.396 e. The Morgan fingerprint density at radius 1 is 1.71 bits per heavy atom. The van der Waals surface area contributed by atoms with Gasteiger partial charge in [-0.2, -0.15) is 0 Å². The van der Waals surface area contributed by atoms with Crippen molar-refractivity contribution in [3.8, 4) is 0 Å². The normalized spacial score (nSPS) is 55.3. The van der Waals surface area contributed by atoms with Crippen LogP contribution in [0.25, 0.3) is 0 Å².